The fourth-order valence-corrected chi connectivity index (χ4v) is 4.56. The van der Waals surface area contributed by atoms with Crippen molar-refractivity contribution < 1.29 is 13.2 Å². The summed E-state index contributed by atoms with van der Waals surface area (Å²) >= 11 is 5.86. The molecule has 1 saturated heterocycles. The Bertz CT molecular complexity index is 833. The molecule has 0 aliphatic carbocycles. The lowest BCUT2D eigenvalue weighted by molar-refractivity contribution is 0.164. The normalized spacial score (nSPS) is 16.8. The van der Waals surface area contributed by atoms with Crippen molar-refractivity contribution in [3.05, 3.63) is 59.1 Å². The molecule has 1 heterocycles. The molecule has 0 aromatic heterocycles. The highest BCUT2D eigenvalue weighted by molar-refractivity contribution is 7.89. The zero-order valence-corrected chi connectivity index (χ0v) is 17.0. The number of piperidine rings is 1. The summed E-state index contributed by atoms with van der Waals surface area (Å²) in [5.41, 5.74) is 1.08. The van der Waals surface area contributed by atoms with Crippen molar-refractivity contribution in [3.8, 4) is 5.75 Å². The third-order valence-corrected chi connectivity index (χ3v) is 6.61. The molecule has 5 nitrogen and oxygen atoms in total. The van der Waals surface area contributed by atoms with E-state index in [2.05, 4.69) is 9.62 Å². The third-order valence-electron chi connectivity index (χ3n) is 4.92. The van der Waals surface area contributed by atoms with Gasteiger partial charge >= 0.3 is 0 Å². The topological polar surface area (TPSA) is 58.6 Å². The van der Waals surface area contributed by atoms with E-state index in [0.29, 0.717) is 11.6 Å². The van der Waals surface area contributed by atoms with E-state index in [1.54, 1.807) is 19.2 Å². The smallest absolute Gasteiger partial charge is 0.240 e. The standard InChI is InChI=1S/C20H25ClN2O3S/c1-26-18-9-5-16(6-10-18)20(23-13-3-2-4-14-23)15-22-27(24,25)19-11-7-17(21)8-12-19/h5-12,20,22H,2-4,13-15H2,1H3/t20-/m0/s1. The van der Waals surface area contributed by atoms with Crippen LogP contribution >= 0.6 is 11.6 Å². The van der Waals surface area contributed by atoms with Gasteiger partial charge in [-0.2, -0.15) is 0 Å². The van der Waals surface area contributed by atoms with Crippen LogP contribution in [0.4, 0.5) is 0 Å². The van der Waals surface area contributed by atoms with Crippen LogP contribution in [0.25, 0.3) is 0 Å². The predicted octanol–water partition coefficient (Wildman–Crippen LogP) is 3.85. The number of nitrogens with one attached hydrogen (secondary N) is 1. The lowest BCUT2D eigenvalue weighted by Gasteiger charge is -2.35. The van der Waals surface area contributed by atoms with Gasteiger partial charge in [0.15, 0.2) is 0 Å². The van der Waals surface area contributed by atoms with Gasteiger partial charge < -0.3 is 4.74 Å². The van der Waals surface area contributed by atoms with Crippen LogP contribution in [0, 0.1) is 0 Å². The van der Waals surface area contributed by atoms with Gasteiger partial charge in [0.05, 0.1) is 12.0 Å². The monoisotopic (exact) mass is 408 g/mol. The largest absolute Gasteiger partial charge is 0.497 e. The molecule has 0 bridgehead atoms. The SMILES string of the molecule is COc1ccc([C@H](CNS(=O)(=O)c2ccc(Cl)cc2)N2CCCCC2)cc1. The first-order valence-electron chi connectivity index (χ1n) is 9.13. The van der Waals surface area contributed by atoms with Crippen LogP contribution in [0.3, 0.4) is 0 Å². The van der Waals surface area contributed by atoms with Crippen molar-refractivity contribution >= 4 is 21.6 Å². The van der Waals surface area contributed by atoms with Crippen molar-refractivity contribution in [2.24, 2.45) is 0 Å². The van der Waals surface area contributed by atoms with Crippen LogP contribution < -0.4 is 9.46 Å². The summed E-state index contributed by atoms with van der Waals surface area (Å²) in [6.07, 6.45) is 3.50. The average Bonchev–Trinajstić information content (AvgIpc) is 2.70. The molecule has 146 valence electrons. The van der Waals surface area contributed by atoms with Gasteiger partial charge in [-0.15, -0.1) is 0 Å². The highest BCUT2D eigenvalue weighted by Crippen LogP contribution is 2.26. The number of hydrogen-bond acceptors (Lipinski definition) is 4. The van der Waals surface area contributed by atoms with E-state index in [-0.39, 0.29) is 10.9 Å². The molecule has 1 N–H and O–H groups in total. The van der Waals surface area contributed by atoms with Crippen LogP contribution in [-0.4, -0.2) is 40.1 Å². The van der Waals surface area contributed by atoms with E-state index in [9.17, 15) is 8.42 Å². The van der Waals surface area contributed by atoms with Gasteiger partial charge in [-0.3, -0.25) is 4.90 Å². The molecule has 0 unspecified atom stereocenters. The Balaban J connectivity index is 1.78. The van der Waals surface area contributed by atoms with Crippen molar-refractivity contribution in [3.63, 3.8) is 0 Å². The van der Waals surface area contributed by atoms with E-state index >= 15 is 0 Å². The lowest BCUT2D eigenvalue weighted by atomic mass is 10.0. The van der Waals surface area contributed by atoms with Crippen LogP contribution in [0.15, 0.2) is 53.4 Å². The second kappa shape index (κ2) is 9.06. The molecule has 0 amide bonds. The summed E-state index contributed by atoms with van der Waals surface area (Å²) in [7, 11) is -1.96. The minimum Gasteiger partial charge on any atom is -0.497 e. The molecule has 0 saturated carbocycles. The molecule has 1 atom stereocenters. The molecule has 1 aliphatic heterocycles. The zero-order valence-electron chi connectivity index (χ0n) is 15.4. The van der Waals surface area contributed by atoms with E-state index in [1.165, 1.54) is 18.6 Å². The Morgan fingerprint density at radius 3 is 2.26 bits per heavy atom. The Kier molecular flexibility index (Phi) is 6.76. The van der Waals surface area contributed by atoms with Gasteiger partial charge in [-0.25, -0.2) is 13.1 Å². The Hall–Kier alpha value is -1.60. The summed E-state index contributed by atoms with van der Waals surface area (Å²) in [6, 6.07) is 14.0. The second-order valence-corrected chi connectivity index (χ2v) is 8.89. The number of ether oxygens (including phenoxy) is 1. The summed E-state index contributed by atoms with van der Waals surface area (Å²) in [5.74, 6) is 0.790. The van der Waals surface area contributed by atoms with Crippen molar-refractivity contribution in [2.45, 2.75) is 30.2 Å². The number of rotatable bonds is 7. The van der Waals surface area contributed by atoms with Crippen LogP contribution in [0.2, 0.25) is 5.02 Å². The number of nitrogens with zero attached hydrogens (tertiary/aromatic N) is 1. The third kappa shape index (κ3) is 5.23. The van der Waals surface area contributed by atoms with E-state index < -0.39 is 10.0 Å². The van der Waals surface area contributed by atoms with Crippen molar-refractivity contribution in [1.29, 1.82) is 0 Å². The Labute approximate surface area is 166 Å². The quantitative estimate of drug-likeness (QED) is 0.755. The van der Waals surface area contributed by atoms with Gasteiger partial charge in [0.2, 0.25) is 10.0 Å². The molecule has 0 radical (unpaired) electrons. The maximum Gasteiger partial charge on any atom is 0.240 e. The number of likely N-dealkylation sites (tertiary alicyclic amines) is 1. The van der Waals surface area contributed by atoms with E-state index in [0.717, 1.165) is 37.2 Å². The van der Waals surface area contributed by atoms with Crippen molar-refractivity contribution in [1.82, 2.24) is 9.62 Å². The fraction of sp³-hybridized carbons (Fsp3) is 0.400. The van der Waals surface area contributed by atoms with Gasteiger partial charge in [0, 0.05) is 17.6 Å². The molecule has 1 fully saturated rings. The minimum atomic E-state index is -3.59. The lowest BCUT2D eigenvalue weighted by Crippen LogP contribution is -2.40. The van der Waals surface area contributed by atoms with Crippen molar-refractivity contribution in [2.75, 3.05) is 26.7 Å². The summed E-state index contributed by atoms with van der Waals surface area (Å²) in [5, 5.41) is 0.512. The number of halogens is 1. The number of benzene rings is 2. The van der Waals surface area contributed by atoms with Crippen LogP contribution in [0.5, 0.6) is 5.75 Å². The number of sulfonamides is 1. The van der Waals surface area contributed by atoms with E-state index in [1.807, 2.05) is 24.3 Å². The average molecular weight is 409 g/mol. The van der Waals surface area contributed by atoms with Gasteiger partial charge in [-0.1, -0.05) is 30.2 Å². The fourth-order valence-electron chi connectivity index (χ4n) is 3.40. The van der Waals surface area contributed by atoms with Crippen LogP contribution in [0.1, 0.15) is 30.9 Å². The van der Waals surface area contributed by atoms with Gasteiger partial charge in [-0.05, 0) is 67.9 Å². The number of hydrogen-bond donors (Lipinski definition) is 1. The molecule has 2 aromatic carbocycles. The maximum atomic E-state index is 12.7. The molecule has 0 spiro atoms. The molecular weight excluding hydrogens is 384 g/mol. The molecule has 7 heteroatoms. The first-order chi connectivity index (χ1) is 13.0. The zero-order chi connectivity index (χ0) is 19.3. The summed E-state index contributed by atoms with van der Waals surface area (Å²) in [6.45, 7) is 2.26. The molecule has 3 rings (SSSR count). The minimum absolute atomic E-state index is 0.0155. The summed E-state index contributed by atoms with van der Waals surface area (Å²) in [4.78, 5) is 2.58. The van der Waals surface area contributed by atoms with Gasteiger partial charge in [0.1, 0.15) is 5.75 Å². The Morgan fingerprint density at radius 2 is 1.67 bits per heavy atom. The van der Waals surface area contributed by atoms with Crippen LogP contribution in [-0.2, 0) is 10.0 Å². The Morgan fingerprint density at radius 1 is 1.04 bits per heavy atom. The highest BCUT2D eigenvalue weighted by atomic mass is 35.5. The van der Waals surface area contributed by atoms with E-state index in [4.69, 9.17) is 16.3 Å². The molecule has 2 aromatic rings. The summed E-state index contributed by atoms with van der Waals surface area (Å²) < 4.78 is 33.4. The number of methoxy groups -OCH3 is 1. The van der Waals surface area contributed by atoms with Gasteiger partial charge in [0.25, 0.3) is 0 Å². The first kappa shape index (κ1) is 20.1. The molecular formula is C20H25ClN2O3S. The second-order valence-electron chi connectivity index (χ2n) is 6.69. The first-order valence-corrected chi connectivity index (χ1v) is 11.0. The molecule has 1 aliphatic rings. The highest BCUT2D eigenvalue weighted by Gasteiger charge is 2.25. The predicted molar refractivity (Wildman–Crippen MR) is 108 cm³/mol. The molecule has 27 heavy (non-hydrogen) atoms. The maximum absolute atomic E-state index is 12.7.